The number of hydrogen-bond donors (Lipinski definition) is 5. The van der Waals surface area contributed by atoms with E-state index >= 15 is 0 Å². The Bertz CT molecular complexity index is 2310. The molecule has 4 heterocycles. The molecule has 7 N–H and O–H groups in total. The van der Waals surface area contributed by atoms with Gasteiger partial charge in [0, 0.05) is 29.9 Å². The van der Waals surface area contributed by atoms with Gasteiger partial charge >= 0.3 is 5.97 Å². The van der Waals surface area contributed by atoms with Crippen molar-refractivity contribution in [3.8, 4) is 22.3 Å². The number of carboxylic acids is 1. The lowest BCUT2D eigenvalue weighted by Gasteiger charge is -2.08. The summed E-state index contributed by atoms with van der Waals surface area (Å²) in [6.45, 7) is 0.846. The number of carbonyl (C=O) groups is 4. The summed E-state index contributed by atoms with van der Waals surface area (Å²) in [6.07, 6.45) is 10.2. The molecule has 6 rings (SSSR count). The van der Waals surface area contributed by atoms with Gasteiger partial charge in [-0.05, 0) is 62.5 Å². The summed E-state index contributed by atoms with van der Waals surface area (Å²) in [4.78, 5) is 56.8. The van der Waals surface area contributed by atoms with E-state index in [9.17, 15) is 19.2 Å². The van der Waals surface area contributed by atoms with Crippen molar-refractivity contribution in [2.45, 2.75) is 25.9 Å². The van der Waals surface area contributed by atoms with Gasteiger partial charge < -0.3 is 40.9 Å². The van der Waals surface area contributed by atoms with Crippen LogP contribution < -0.4 is 22.1 Å². The van der Waals surface area contributed by atoms with Crippen molar-refractivity contribution in [2.75, 3.05) is 42.7 Å². The number of ketones is 1. The predicted molar refractivity (Wildman–Crippen MR) is 204 cm³/mol. The first-order valence-corrected chi connectivity index (χ1v) is 17.1. The molecule has 0 atom stereocenters. The summed E-state index contributed by atoms with van der Waals surface area (Å²) in [5, 5.41) is 23.0. The van der Waals surface area contributed by atoms with E-state index in [0.717, 1.165) is 30.4 Å². The van der Waals surface area contributed by atoms with Crippen LogP contribution in [-0.4, -0.2) is 83.7 Å². The van der Waals surface area contributed by atoms with Crippen LogP contribution in [0.4, 0.5) is 23.4 Å². The topological polar surface area (TPSA) is 256 Å². The van der Waals surface area contributed by atoms with Crippen LogP contribution in [0.25, 0.3) is 22.3 Å². The standard InChI is InChI=1S/C20H23ClN6O3.C15H12ClN5O4/c1-26(2)7-3-4-15(28)11-27-10-14(9-23-27)13-5-6-16(21)17(8-13)24-19(29)18-12-30-20(22)25-18;16-10-2-1-8(9-4-18-21(5-9)6-13(22)23)3-11(10)19-14(24)12-7-25-15(17)20-12/h5-6,8-10,12H,3-4,7,11H2,1-2H3,(H2,22,25)(H,24,29);1-5,7H,6H2,(H2,17,20)(H,19,24)(H,22,23). The van der Waals surface area contributed by atoms with Crippen molar-refractivity contribution in [2.24, 2.45) is 0 Å². The highest BCUT2D eigenvalue weighted by molar-refractivity contribution is 6.34. The number of nitrogens with two attached hydrogens (primary N) is 2. The number of aliphatic carboxylic acids is 1. The molecule has 18 nitrogen and oxygen atoms in total. The minimum absolute atomic E-state index is 0.0215. The molecule has 4 aromatic heterocycles. The maximum Gasteiger partial charge on any atom is 0.325 e. The molecular formula is C35H35Cl2N11O7. The van der Waals surface area contributed by atoms with Crippen molar-refractivity contribution in [1.29, 1.82) is 0 Å². The molecule has 0 aliphatic heterocycles. The lowest BCUT2D eigenvalue weighted by molar-refractivity contribution is -0.137. The van der Waals surface area contributed by atoms with E-state index in [4.69, 9.17) is 48.6 Å². The third-order valence-corrected chi connectivity index (χ3v) is 8.23. The summed E-state index contributed by atoms with van der Waals surface area (Å²) in [5.74, 6) is -1.89. The molecule has 2 aromatic carbocycles. The van der Waals surface area contributed by atoms with Crippen LogP contribution >= 0.6 is 23.2 Å². The van der Waals surface area contributed by atoms with Gasteiger partial charge in [0.1, 0.15) is 19.1 Å². The highest BCUT2D eigenvalue weighted by atomic mass is 35.5. The van der Waals surface area contributed by atoms with Crippen LogP contribution in [0, 0.1) is 0 Å². The van der Waals surface area contributed by atoms with E-state index in [1.165, 1.54) is 17.1 Å². The number of nitrogens with zero attached hydrogens (tertiary/aromatic N) is 7. The van der Waals surface area contributed by atoms with Crippen LogP contribution in [-0.2, 0) is 22.7 Å². The first kappa shape index (κ1) is 39.7. The number of rotatable bonds is 14. The number of carbonyl (C=O) groups excluding carboxylic acids is 3. The molecule has 20 heteroatoms. The van der Waals surface area contributed by atoms with Gasteiger partial charge in [-0.1, -0.05) is 35.3 Å². The quantitative estimate of drug-likeness (QED) is 0.0968. The molecule has 0 fully saturated rings. The minimum atomic E-state index is -0.995. The zero-order valence-corrected chi connectivity index (χ0v) is 30.9. The molecule has 0 saturated heterocycles. The number of nitrogen functional groups attached to an aromatic ring is 2. The Morgan fingerprint density at radius 2 is 1.24 bits per heavy atom. The van der Waals surface area contributed by atoms with E-state index in [0.29, 0.717) is 39.0 Å². The van der Waals surface area contributed by atoms with Crippen molar-refractivity contribution < 1.29 is 33.1 Å². The van der Waals surface area contributed by atoms with Crippen LogP contribution in [0.1, 0.15) is 33.8 Å². The first-order chi connectivity index (χ1) is 26.2. The van der Waals surface area contributed by atoms with Crippen molar-refractivity contribution in [3.05, 3.63) is 95.1 Å². The molecule has 0 saturated carbocycles. The third kappa shape index (κ3) is 11.2. The number of oxazole rings is 2. The number of nitrogens with one attached hydrogen (secondary N) is 2. The van der Waals surface area contributed by atoms with Crippen molar-refractivity contribution in [1.82, 2.24) is 34.4 Å². The zero-order valence-electron chi connectivity index (χ0n) is 29.4. The number of amides is 2. The maximum atomic E-state index is 12.3. The van der Waals surface area contributed by atoms with Gasteiger partial charge in [0.15, 0.2) is 17.2 Å². The average Bonchev–Trinajstić information content (AvgIpc) is 3.96. The summed E-state index contributed by atoms with van der Waals surface area (Å²) in [7, 11) is 3.96. The number of hydrogen-bond acceptors (Lipinski definition) is 13. The molecule has 0 unspecified atom stereocenters. The van der Waals surface area contributed by atoms with Gasteiger partial charge in [0.2, 0.25) is 0 Å². The van der Waals surface area contributed by atoms with Crippen molar-refractivity contribution in [3.63, 3.8) is 0 Å². The van der Waals surface area contributed by atoms with Gasteiger partial charge in [-0.3, -0.25) is 28.5 Å². The zero-order chi connectivity index (χ0) is 39.6. The fourth-order valence-electron chi connectivity index (χ4n) is 4.95. The second kappa shape index (κ2) is 18.0. The van der Waals surface area contributed by atoms with E-state index in [2.05, 4.69) is 30.8 Å². The average molecular weight is 793 g/mol. The Kier molecular flexibility index (Phi) is 13.0. The molecule has 0 radical (unpaired) electrons. The molecule has 0 aliphatic rings. The van der Waals surface area contributed by atoms with E-state index in [-0.39, 0.29) is 42.3 Å². The molecule has 0 aliphatic carbocycles. The molecule has 286 valence electrons. The summed E-state index contributed by atoms with van der Waals surface area (Å²) in [6, 6.07) is 9.99. The third-order valence-electron chi connectivity index (χ3n) is 7.57. The Morgan fingerprint density at radius 3 is 1.65 bits per heavy atom. The van der Waals surface area contributed by atoms with Gasteiger partial charge in [-0.15, -0.1) is 0 Å². The summed E-state index contributed by atoms with van der Waals surface area (Å²) < 4.78 is 12.5. The number of Topliss-reactive ketones (excluding diaryl/α,β-unsaturated/α-hetero) is 1. The Hall–Kier alpha value is -6.50. The monoisotopic (exact) mass is 791 g/mol. The Labute approximate surface area is 323 Å². The number of carboxylic acid groups (broad SMARTS) is 1. The van der Waals surface area contributed by atoms with E-state index < -0.39 is 17.8 Å². The number of aromatic nitrogens is 6. The molecule has 6 aromatic rings. The molecule has 2 amide bonds. The maximum absolute atomic E-state index is 12.3. The number of halogens is 2. The van der Waals surface area contributed by atoms with Crippen LogP contribution in [0.3, 0.4) is 0 Å². The summed E-state index contributed by atoms with van der Waals surface area (Å²) >= 11 is 12.3. The van der Waals surface area contributed by atoms with Gasteiger partial charge in [0.05, 0.1) is 40.4 Å². The molecule has 0 bridgehead atoms. The smallest absolute Gasteiger partial charge is 0.325 e. The number of benzene rings is 2. The molecular weight excluding hydrogens is 757 g/mol. The van der Waals surface area contributed by atoms with E-state index in [1.807, 2.05) is 25.1 Å². The van der Waals surface area contributed by atoms with Crippen LogP contribution in [0.15, 0.2) is 82.5 Å². The van der Waals surface area contributed by atoms with Crippen LogP contribution in [0.5, 0.6) is 0 Å². The normalized spacial score (nSPS) is 10.9. The Morgan fingerprint density at radius 1 is 0.764 bits per heavy atom. The lowest BCUT2D eigenvalue weighted by atomic mass is 10.1. The second-order valence-corrected chi connectivity index (χ2v) is 12.9. The van der Waals surface area contributed by atoms with E-state index in [1.54, 1.807) is 53.6 Å². The fraction of sp³-hybridized carbons (Fsp3) is 0.200. The lowest BCUT2D eigenvalue weighted by Crippen LogP contribution is -2.16. The molecule has 0 spiro atoms. The highest BCUT2D eigenvalue weighted by Crippen LogP contribution is 2.30. The van der Waals surface area contributed by atoms with Crippen molar-refractivity contribution >= 4 is 70.2 Å². The number of anilines is 4. The Balaban J connectivity index is 0.000000214. The van der Waals surface area contributed by atoms with Crippen LogP contribution in [0.2, 0.25) is 10.0 Å². The highest BCUT2D eigenvalue weighted by Gasteiger charge is 2.16. The van der Waals surface area contributed by atoms with Gasteiger partial charge in [0.25, 0.3) is 23.8 Å². The van der Waals surface area contributed by atoms with Gasteiger partial charge in [-0.2, -0.15) is 20.2 Å². The minimum Gasteiger partial charge on any atom is -0.480 e. The second-order valence-electron chi connectivity index (χ2n) is 12.1. The SMILES string of the molecule is CN(C)CCCC(=O)Cn1cc(-c2ccc(Cl)c(NC(=O)c3coc(N)n3)c2)cn1.Nc1nc(C(=O)Nc2cc(-c3cnn(CC(=O)O)c3)ccc2Cl)co1. The largest absolute Gasteiger partial charge is 0.480 e. The first-order valence-electron chi connectivity index (χ1n) is 16.3. The fourth-order valence-corrected chi connectivity index (χ4v) is 5.28. The summed E-state index contributed by atoms with van der Waals surface area (Å²) in [5.41, 5.74) is 14.6. The van der Waals surface area contributed by atoms with Gasteiger partial charge in [-0.25, -0.2) is 0 Å². The predicted octanol–water partition coefficient (Wildman–Crippen LogP) is 5.05. The molecule has 55 heavy (non-hydrogen) atoms.